The van der Waals surface area contributed by atoms with Crippen LogP contribution in [0.4, 0.5) is 11.5 Å². The van der Waals surface area contributed by atoms with Gasteiger partial charge in [0, 0.05) is 6.54 Å². The Morgan fingerprint density at radius 3 is 3.05 bits per heavy atom. The molecular weight excluding hydrogens is 248 g/mol. The van der Waals surface area contributed by atoms with Crippen molar-refractivity contribution >= 4 is 17.5 Å². The molecule has 0 radical (unpaired) electrons. The van der Waals surface area contributed by atoms with E-state index in [0.29, 0.717) is 18.9 Å². The fraction of sp³-hybridized carbons (Fsp3) is 0.583. The molecule has 1 aliphatic rings. The summed E-state index contributed by atoms with van der Waals surface area (Å²) in [5.41, 5.74) is 5.24. The number of aromatic amines is 1. The summed E-state index contributed by atoms with van der Waals surface area (Å²) >= 11 is 0. The molecule has 1 aromatic heterocycles. The van der Waals surface area contributed by atoms with E-state index in [-0.39, 0.29) is 11.5 Å². The van der Waals surface area contributed by atoms with Crippen molar-refractivity contribution in [2.24, 2.45) is 5.92 Å². The summed E-state index contributed by atoms with van der Waals surface area (Å²) in [6.45, 7) is 2.61. The SMILES string of the molecule is CCC1CCN(c2nc[nH]c(=O)c2N)C(C(=O)O)C1. The first-order valence-corrected chi connectivity index (χ1v) is 6.37. The summed E-state index contributed by atoms with van der Waals surface area (Å²) in [7, 11) is 0. The number of carboxylic acids is 1. The van der Waals surface area contributed by atoms with Gasteiger partial charge in [0.25, 0.3) is 5.56 Å². The summed E-state index contributed by atoms with van der Waals surface area (Å²) in [6.07, 6.45) is 3.64. The second-order valence-electron chi connectivity index (χ2n) is 4.82. The topological polar surface area (TPSA) is 112 Å². The average Bonchev–Trinajstić information content (AvgIpc) is 2.41. The van der Waals surface area contributed by atoms with Crippen molar-refractivity contribution in [2.75, 3.05) is 17.2 Å². The van der Waals surface area contributed by atoms with Crippen LogP contribution in [-0.2, 0) is 4.79 Å². The van der Waals surface area contributed by atoms with Gasteiger partial charge in [0.1, 0.15) is 11.7 Å². The van der Waals surface area contributed by atoms with Crippen LogP contribution in [-0.4, -0.2) is 33.6 Å². The van der Waals surface area contributed by atoms with Gasteiger partial charge in [-0.15, -0.1) is 0 Å². The Morgan fingerprint density at radius 2 is 2.42 bits per heavy atom. The Morgan fingerprint density at radius 1 is 1.68 bits per heavy atom. The summed E-state index contributed by atoms with van der Waals surface area (Å²) in [4.78, 5) is 30.9. The van der Waals surface area contributed by atoms with Crippen LogP contribution in [0.25, 0.3) is 0 Å². The fourth-order valence-corrected chi connectivity index (χ4v) is 2.53. The predicted molar refractivity (Wildman–Crippen MR) is 71.1 cm³/mol. The van der Waals surface area contributed by atoms with E-state index in [1.807, 2.05) is 0 Å². The molecule has 0 aliphatic carbocycles. The molecule has 1 aliphatic heterocycles. The summed E-state index contributed by atoms with van der Waals surface area (Å²) in [6, 6.07) is -0.671. The van der Waals surface area contributed by atoms with Gasteiger partial charge in [-0.1, -0.05) is 13.3 Å². The second-order valence-corrected chi connectivity index (χ2v) is 4.82. The number of hydrogen-bond acceptors (Lipinski definition) is 5. The van der Waals surface area contributed by atoms with Gasteiger partial charge in [0.15, 0.2) is 5.82 Å². The third kappa shape index (κ3) is 2.54. The highest BCUT2D eigenvalue weighted by Crippen LogP contribution is 2.30. The molecule has 2 unspecified atom stereocenters. The Balaban J connectivity index is 2.34. The zero-order chi connectivity index (χ0) is 14.0. The van der Waals surface area contributed by atoms with E-state index in [1.165, 1.54) is 6.33 Å². The van der Waals surface area contributed by atoms with E-state index in [0.717, 1.165) is 12.8 Å². The lowest BCUT2D eigenvalue weighted by Crippen LogP contribution is -2.48. The van der Waals surface area contributed by atoms with Gasteiger partial charge in [-0.3, -0.25) is 4.79 Å². The summed E-state index contributed by atoms with van der Waals surface area (Å²) in [5, 5.41) is 9.35. The van der Waals surface area contributed by atoms with Crippen molar-refractivity contribution < 1.29 is 9.90 Å². The lowest BCUT2D eigenvalue weighted by molar-refractivity contribution is -0.139. The molecule has 104 valence electrons. The molecule has 0 amide bonds. The summed E-state index contributed by atoms with van der Waals surface area (Å²) in [5.74, 6) is -0.245. The van der Waals surface area contributed by atoms with Crippen molar-refractivity contribution in [1.82, 2.24) is 9.97 Å². The minimum atomic E-state index is -0.903. The van der Waals surface area contributed by atoms with Gasteiger partial charge < -0.3 is 20.7 Å². The van der Waals surface area contributed by atoms with E-state index >= 15 is 0 Å². The first-order chi connectivity index (χ1) is 9.04. The van der Waals surface area contributed by atoms with Crippen molar-refractivity contribution in [3.8, 4) is 0 Å². The number of nitrogen functional groups attached to an aromatic ring is 1. The molecule has 1 fully saturated rings. The van der Waals surface area contributed by atoms with E-state index in [2.05, 4.69) is 16.9 Å². The molecule has 2 rings (SSSR count). The molecule has 2 atom stereocenters. The van der Waals surface area contributed by atoms with Gasteiger partial charge in [0.05, 0.1) is 6.33 Å². The van der Waals surface area contributed by atoms with Crippen LogP contribution in [0, 0.1) is 5.92 Å². The highest BCUT2D eigenvalue weighted by atomic mass is 16.4. The molecular formula is C12H18N4O3. The van der Waals surface area contributed by atoms with Crippen molar-refractivity contribution in [3.05, 3.63) is 16.7 Å². The Labute approximate surface area is 110 Å². The molecule has 0 spiro atoms. The van der Waals surface area contributed by atoms with Gasteiger partial charge in [0.2, 0.25) is 0 Å². The van der Waals surface area contributed by atoms with Crippen LogP contribution >= 0.6 is 0 Å². The average molecular weight is 266 g/mol. The van der Waals surface area contributed by atoms with E-state index in [4.69, 9.17) is 5.73 Å². The van der Waals surface area contributed by atoms with E-state index in [1.54, 1.807) is 4.90 Å². The quantitative estimate of drug-likeness (QED) is 0.731. The minimum Gasteiger partial charge on any atom is -0.480 e. The number of nitrogens with one attached hydrogen (secondary N) is 1. The number of aromatic nitrogens is 2. The zero-order valence-corrected chi connectivity index (χ0v) is 10.8. The maximum Gasteiger partial charge on any atom is 0.326 e. The smallest absolute Gasteiger partial charge is 0.326 e. The van der Waals surface area contributed by atoms with Gasteiger partial charge in [-0.25, -0.2) is 9.78 Å². The molecule has 0 saturated carbocycles. The number of aliphatic carboxylic acids is 1. The van der Waals surface area contributed by atoms with E-state index in [9.17, 15) is 14.7 Å². The Kier molecular flexibility index (Phi) is 3.73. The van der Waals surface area contributed by atoms with Gasteiger partial charge in [-0.2, -0.15) is 0 Å². The third-order valence-electron chi connectivity index (χ3n) is 3.71. The number of H-pyrrole nitrogens is 1. The summed E-state index contributed by atoms with van der Waals surface area (Å²) < 4.78 is 0. The number of rotatable bonds is 3. The number of carbonyl (C=O) groups is 1. The minimum absolute atomic E-state index is 0.0244. The highest BCUT2D eigenvalue weighted by Gasteiger charge is 2.34. The molecule has 7 heteroatoms. The monoisotopic (exact) mass is 266 g/mol. The van der Waals surface area contributed by atoms with Gasteiger partial charge >= 0.3 is 5.97 Å². The number of nitrogens with zero attached hydrogens (tertiary/aromatic N) is 2. The predicted octanol–water partition coefficient (Wildman–Crippen LogP) is 0.432. The number of nitrogens with two attached hydrogens (primary N) is 1. The van der Waals surface area contributed by atoms with Crippen LogP contribution in [0.5, 0.6) is 0 Å². The standard InChI is InChI=1S/C12H18N4O3/c1-2-7-3-4-16(8(5-7)12(18)19)10-9(13)11(17)15-6-14-10/h6-8H,2-5,13H2,1H3,(H,18,19)(H,14,15,17). The molecule has 4 N–H and O–H groups in total. The van der Waals surface area contributed by atoms with Crippen LogP contribution in [0.1, 0.15) is 26.2 Å². The molecule has 1 saturated heterocycles. The van der Waals surface area contributed by atoms with Crippen molar-refractivity contribution in [2.45, 2.75) is 32.2 Å². The molecule has 2 heterocycles. The number of carboxylic acid groups (broad SMARTS) is 1. The maximum atomic E-state index is 11.5. The first kappa shape index (κ1) is 13.4. The van der Waals surface area contributed by atoms with Crippen LogP contribution in [0.15, 0.2) is 11.1 Å². The zero-order valence-electron chi connectivity index (χ0n) is 10.8. The Bertz CT molecular complexity index is 528. The molecule has 7 nitrogen and oxygen atoms in total. The van der Waals surface area contributed by atoms with E-state index < -0.39 is 17.6 Å². The lowest BCUT2D eigenvalue weighted by Gasteiger charge is -2.37. The lowest BCUT2D eigenvalue weighted by atomic mass is 9.89. The molecule has 1 aromatic rings. The second kappa shape index (κ2) is 5.29. The molecule has 0 aromatic carbocycles. The van der Waals surface area contributed by atoms with Gasteiger partial charge in [-0.05, 0) is 18.8 Å². The van der Waals surface area contributed by atoms with Crippen LogP contribution < -0.4 is 16.2 Å². The first-order valence-electron chi connectivity index (χ1n) is 6.37. The Hall–Kier alpha value is -2.05. The third-order valence-corrected chi connectivity index (χ3v) is 3.71. The highest BCUT2D eigenvalue weighted by molar-refractivity contribution is 5.79. The number of anilines is 2. The number of hydrogen-bond donors (Lipinski definition) is 3. The normalized spacial score (nSPS) is 23.3. The fourth-order valence-electron chi connectivity index (χ4n) is 2.53. The van der Waals surface area contributed by atoms with Crippen molar-refractivity contribution in [3.63, 3.8) is 0 Å². The van der Waals surface area contributed by atoms with Crippen LogP contribution in [0.3, 0.4) is 0 Å². The molecule has 19 heavy (non-hydrogen) atoms. The largest absolute Gasteiger partial charge is 0.480 e. The van der Waals surface area contributed by atoms with Crippen molar-refractivity contribution in [1.29, 1.82) is 0 Å². The molecule has 0 bridgehead atoms. The van der Waals surface area contributed by atoms with Crippen LogP contribution in [0.2, 0.25) is 0 Å². The maximum absolute atomic E-state index is 11.5. The number of piperidine rings is 1.